The molecule has 3 heteroatoms. The SMILES string of the molecule is COc1cc(C=NC2CCCCC2)c(O)c(-c2ccccc2)c1. The molecule has 0 aromatic heterocycles. The summed E-state index contributed by atoms with van der Waals surface area (Å²) in [6.45, 7) is 0. The Labute approximate surface area is 137 Å². The molecule has 0 bridgehead atoms. The van der Waals surface area contributed by atoms with Crippen molar-refractivity contribution in [2.75, 3.05) is 7.11 Å². The van der Waals surface area contributed by atoms with Crippen molar-refractivity contribution in [3.8, 4) is 22.6 Å². The molecule has 1 fully saturated rings. The number of benzene rings is 2. The van der Waals surface area contributed by atoms with Gasteiger partial charge >= 0.3 is 0 Å². The number of phenolic OH excluding ortho intramolecular Hbond substituents is 1. The van der Waals surface area contributed by atoms with Crippen LogP contribution >= 0.6 is 0 Å². The topological polar surface area (TPSA) is 41.8 Å². The van der Waals surface area contributed by atoms with Crippen LogP contribution in [0, 0.1) is 0 Å². The van der Waals surface area contributed by atoms with Crippen molar-refractivity contribution < 1.29 is 9.84 Å². The van der Waals surface area contributed by atoms with Crippen molar-refractivity contribution in [1.82, 2.24) is 0 Å². The van der Waals surface area contributed by atoms with E-state index in [1.165, 1.54) is 19.3 Å². The summed E-state index contributed by atoms with van der Waals surface area (Å²) in [5.41, 5.74) is 2.46. The first kappa shape index (κ1) is 15.6. The van der Waals surface area contributed by atoms with Crippen LogP contribution in [-0.2, 0) is 0 Å². The Bertz CT molecular complexity index is 674. The predicted molar refractivity (Wildman–Crippen MR) is 94.6 cm³/mol. The molecule has 23 heavy (non-hydrogen) atoms. The van der Waals surface area contributed by atoms with Gasteiger partial charge in [0.2, 0.25) is 0 Å². The maximum Gasteiger partial charge on any atom is 0.132 e. The zero-order valence-corrected chi connectivity index (χ0v) is 13.5. The van der Waals surface area contributed by atoms with Crippen LogP contribution in [0.25, 0.3) is 11.1 Å². The molecule has 0 saturated heterocycles. The van der Waals surface area contributed by atoms with Gasteiger partial charge in [-0.15, -0.1) is 0 Å². The average molecular weight is 309 g/mol. The number of aromatic hydroxyl groups is 1. The third-order valence-corrected chi connectivity index (χ3v) is 4.43. The highest BCUT2D eigenvalue weighted by atomic mass is 16.5. The standard InChI is InChI=1S/C20H23NO2/c1-23-18-12-16(14-21-17-10-6-3-7-11-17)20(22)19(13-18)15-8-4-2-5-9-15/h2,4-5,8-9,12-14,17,22H,3,6-7,10-11H2,1H3. The fourth-order valence-electron chi connectivity index (χ4n) is 3.10. The lowest BCUT2D eigenvalue weighted by atomic mass is 9.96. The van der Waals surface area contributed by atoms with Gasteiger partial charge in [-0.05, 0) is 30.5 Å². The van der Waals surface area contributed by atoms with Gasteiger partial charge in [-0.3, -0.25) is 4.99 Å². The lowest BCUT2D eigenvalue weighted by Gasteiger charge is -2.17. The van der Waals surface area contributed by atoms with Crippen molar-refractivity contribution >= 4 is 6.21 Å². The van der Waals surface area contributed by atoms with E-state index in [1.54, 1.807) is 13.3 Å². The second-order valence-corrected chi connectivity index (χ2v) is 6.05. The smallest absolute Gasteiger partial charge is 0.132 e. The third-order valence-electron chi connectivity index (χ3n) is 4.43. The monoisotopic (exact) mass is 309 g/mol. The normalized spacial score (nSPS) is 15.9. The van der Waals surface area contributed by atoms with Crippen LogP contribution in [0.15, 0.2) is 47.5 Å². The summed E-state index contributed by atoms with van der Waals surface area (Å²) < 4.78 is 5.39. The second kappa shape index (κ2) is 7.32. The molecule has 1 N–H and O–H groups in total. The van der Waals surface area contributed by atoms with Crippen LogP contribution in [0.2, 0.25) is 0 Å². The maximum absolute atomic E-state index is 10.6. The highest BCUT2D eigenvalue weighted by Crippen LogP contribution is 2.35. The van der Waals surface area contributed by atoms with E-state index in [9.17, 15) is 5.11 Å². The molecule has 0 radical (unpaired) electrons. The van der Waals surface area contributed by atoms with Crippen LogP contribution in [-0.4, -0.2) is 24.5 Å². The van der Waals surface area contributed by atoms with Gasteiger partial charge in [-0.1, -0.05) is 49.6 Å². The van der Waals surface area contributed by atoms with Crippen molar-refractivity contribution in [3.05, 3.63) is 48.0 Å². The van der Waals surface area contributed by atoms with E-state index in [2.05, 4.69) is 4.99 Å². The Morgan fingerprint density at radius 2 is 1.83 bits per heavy atom. The molecule has 2 aromatic rings. The molecule has 3 rings (SSSR count). The summed E-state index contributed by atoms with van der Waals surface area (Å²) in [5, 5.41) is 10.6. The Morgan fingerprint density at radius 3 is 2.52 bits per heavy atom. The molecule has 1 aliphatic carbocycles. The Kier molecular flexibility index (Phi) is 4.96. The summed E-state index contributed by atoms with van der Waals surface area (Å²) in [5.74, 6) is 0.989. The van der Waals surface area contributed by atoms with E-state index in [1.807, 2.05) is 42.5 Å². The van der Waals surface area contributed by atoms with E-state index < -0.39 is 0 Å². The maximum atomic E-state index is 10.6. The lowest BCUT2D eigenvalue weighted by Crippen LogP contribution is -2.09. The Morgan fingerprint density at radius 1 is 1.09 bits per heavy atom. The fraction of sp³-hybridized carbons (Fsp3) is 0.350. The summed E-state index contributed by atoms with van der Waals surface area (Å²) in [4.78, 5) is 4.68. The summed E-state index contributed by atoms with van der Waals surface area (Å²) >= 11 is 0. The minimum absolute atomic E-state index is 0.261. The highest BCUT2D eigenvalue weighted by Gasteiger charge is 2.13. The molecule has 0 amide bonds. The van der Waals surface area contributed by atoms with Crippen molar-refractivity contribution in [1.29, 1.82) is 0 Å². The van der Waals surface area contributed by atoms with Gasteiger partial charge in [0.25, 0.3) is 0 Å². The fourth-order valence-corrected chi connectivity index (χ4v) is 3.10. The number of phenols is 1. The second-order valence-electron chi connectivity index (χ2n) is 6.05. The average Bonchev–Trinajstić information content (AvgIpc) is 2.62. The molecule has 0 spiro atoms. The summed E-state index contributed by atoms with van der Waals surface area (Å²) in [6.07, 6.45) is 7.91. The van der Waals surface area contributed by atoms with E-state index in [-0.39, 0.29) is 5.75 Å². The van der Waals surface area contributed by atoms with Crippen molar-refractivity contribution in [2.45, 2.75) is 38.1 Å². The first-order valence-electron chi connectivity index (χ1n) is 8.27. The van der Waals surface area contributed by atoms with Gasteiger partial charge in [-0.25, -0.2) is 0 Å². The third kappa shape index (κ3) is 3.73. The minimum atomic E-state index is 0.261. The Balaban J connectivity index is 1.94. The molecule has 0 aliphatic heterocycles. The molecule has 1 saturated carbocycles. The number of hydrogen-bond donors (Lipinski definition) is 1. The lowest BCUT2D eigenvalue weighted by molar-refractivity contribution is 0.412. The molecular formula is C20H23NO2. The van der Waals surface area contributed by atoms with Gasteiger partial charge in [0.05, 0.1) is 7.11 Å². The van der Waals surface area contributed by atoms with Crippen LogP contribution in [0.1, 0.15) is 37.7 Å². The molecule has 2 aromatic carbocycles. The van der Waals surface area contributed by atoms with E-state index >= 15 is 0 Å². The first-order valence-corrected chi connectivity index (χ1v) is 8.27. The zero-order chi connectivity index (χ0) is 16.1. The van der Waals surface area contributed by atoms with Crippen LogP contribution in [0.3, 0.4) is 0 Å². The number of aliphatic imine (C=N–C) groups is 1. The van der Waals surface area contributed by atoms with Crippen molar-refractivity contribution in [3.63, 3.8) is 0 Å². The van der Waals surface area contributed by atoms with E-state index in [4.69, 9.17) is 4.74 Å². The molecule has 0 atom stereocenters. The molecule has 120 valence electrons. The van der Waals surface area contributed by atoms with Gasteiger partial charge in [0.1, 0.15) is 11.5 Å². The van der Waals surface area contributed by atoms with Crippen LogP contribution < -0.4 is 4.74 Å². The van der Waals surface area contributed by atoms with E-state index in [0.29, 0.717) is 11.6 Å². The quantitative estimate of drug-likeness (QED) is 0.823. The number of rotatable bonds is 4. The molecule has 1 aliphatic rings. The van der Waals surface area contributed by atoms with Gasteiger partial charge in [0, 0.05) is 23.4 Å². The summed E-state index contributed by atoms with van der Waals surface area (Å²) in [7, 11) is 1.64. The largest absolute Gasteiger partial charge is 0.507 e. The molecule has 0 unspecified atom stereocenters. The van der Waals surface area contributed by atoms with Crippen molar-refractivity contribution in [2.24, 2.45) is 4.99 Å². The van der Waals surface area contributed by atoms with Gasteiger partial charge < -0.3 is 9.84 Å². The molecular weight excluding hydrogens is 286 g/mol. The predicted octanol–water partition coefficient (Wildman–Crippen LogP) is 4.82. The number of methoxy groups -OCH3 is 1. The minimum Gasteiger partial charge on any atom is -0.507 e. The first-order chi connectivity index (χ1) is 11.3. The van der Waals surface area contributed by atoms with Crippen LogP contribution in [0.5, 0.6) is 11.5 Å². The summed E-state index contributed by atoms with van der Waals surface area (Å²) in [6, 6.07) is 13.9. The zero-order valence-electron chi connectivity index (χ0n) is 13.5. The molecule has 3 nitrogen and oxygen atoms in total. The molecule has 0 heterocycles. The number of nitrogens with zero attached hydrogens (tertiary/aromatic N) is 1. The van der Waals surface area contributed by atoms with E-state index in [0.717, 1.165) is 29.7 Å². The van der Waals surface area contributed by atoms with Crippen LogP contribution in [0.4, 0.5) is 0 Å². The number of hydrogen-bond acceptors (Lipinski definition) is 3. The number of ether oxygens (including phenoxy) is 1. The van der Waals surface area contributed by atoms with Gasteiger partial charge in [-0.2, -0.15) is 0 Å². The van der Waals surface area contributed by atoms with Gasteiger partial charge in [0.15, 0.2) is 0 Å². The Hall–Kier alpha value is -2.29. The highest BCUT2D eigenvalue weighted by molar-refractivity contribution is 5.89.